The fourth-order valence-electron chi connectivity index (χ4n) is 2.63. The van der Waals surface area contributed by atoms with E-state index in [9.17, 15) is 9.18 Å². The van der Waals surface area contributed by atoms with Crippen LogP contribution in [0.15, 0.2) is 35.8 Å². The molecule has 1 aliphatic rings. The molecular formula is C16H14FN3O2S. The van der Waals surface area contributed by atoms with Gasteiger partial charge in [-0.05, 0) is 24.3 Å². The summed E-state index contributed by atoms with van der Waals surface area (Å²) in [6, 6.07) is 6.18. The predicted molar refractivity (Wildman–Crippen MR) is 85.2 cm³/mol. The van der Waals surface area contributed by atoms with E-state index >= 15 is 0 Å². The smallest absolute Gasteiger partial charge is 0.271 e. The minimum atomic E-state index is -0.280. The van der Waals surface area contributed by atoms with Crippen LogP contribution < -0.4 is 0 Å². The van der Waals surface area contributed by atoms with Crippen molar-refractivity contribution in [3.63, 3.8) is 0 Å². The molecule has 23 heavy (non-hydrogen) atoms. The number of nitrogens with zero attached hydrogens (tertiary/aromatic N) is 3. The number of amides is 1. The van der Waals surface area contributed by atoms with Gasteiger partial charge in [0, 0.05) is 30.2 Å². The summed E-state index contributed by atoms with van der Waals surface area (Å²) in [7, 11) is 0. The topological polar surface area (TPSA) is 46.8 Å². The number of morpholine rings is 1. The lowest BCUT2D eigenvalue weighted by Crippen LogP contribution is -2.41. The normalized spacial score (nSPS) is 15.3. The number of thiazole rings is 1. The predicted octanol–water partition coefficient (Wildman–Crippen LogP) is 2.67. The number of hydrogen-bond acceptors (Lipinski definition) is 4. The number of halogens is 1. The quantitative estimate of drug-likeness (QED) is 0.725. The lowest BCUT2D eigenvalue weighted by Gasteiger charge is -2.26. The van der Waals surface area contributed by atoms with Crippen molar-refractivity contribution >= 4 is 22.2 Å². The second-order valence-electron chi connectivity index (χ2n) is 5.31. The summed E-state index contributed by atoms with van der Waals surface area (Å²) in [4.78, 5) is 19.7. The van der Waals surface area contributed by atoms with Gasteiger partial charge in [-0.3, -0.25) is 9.20 Å². The Kier molecular flexibility index (Phi) is 3.59. The summed E-state index contributed by atoms with van der Waals surface area (Å²) in [5, 5.41) is 1.83. The van der Waals surface area contributed by atoms with Gasteiger partial charge in [-0.2, -0.15) is 0 Å². The Morgan fingerprint density at radius 1 is 1.22 bits per heavy atom. The molecule has 3 heterocycles. The van der Waals surface area contributed by atoms with E-state index in [0.717, 1.165) is 16.2 Å². The molecule has 3 aromatic rings. The van der Waals surface area contributed by atoms with E-state index in [2.05, 4.69) is 4.98 Å². The molecule has 118 valence electrons. The number of fused-ring (bicyclic) bond motifs is 1. The maximum atomic E-state index is 13.0. The van der Waals surface area contributed by atoms with Gasteiger partial charge in [0.2, 0.25) is 0 Å². The van der Waals surface area contributed by atoms with E-state index in [1.54, 1.807) is 21.4 Å². The van der Waals surface area contributed by atoms with Gasteiger partial charge in [0.15, 0.2) is 4.96 Å². The van der Waals surface area contributed by atoms with Crippen LogP contribution in [0.2, 0.25) is 0 Å². The van der Waals surface area contributed by atoms with E-state index in [1.165, 1.54) is 23.5 Å². The molecular weight excluding hydrogens is 317 g/mol. The Morgan fingerprint density at radius 2 is 1.96 bits per heavy atom. The molecule has 0 saturated carbocycles. The van der Waals surface area contributed by atoms with Crippen molar-refractivity contribution < 1.29 is 13.9 Å². The van der Waals surface area contributed by atoms with Crippen molar-refractivity contribution in [2.24, 2.45) is 0 Å². The van der Waals surface area contributed by atoms with Gasteiger partial charge in [-0.25, -0.2) is 9.37 Å². The highest BCUT2D eigenvalue weighted by molar-refractivity contribution is 7.15. The number of carbonyl (C=O) groups is 1. The number of aromatic nitrogens is 2. The molecule has 5 nitrogen and oxygen atoms in total. The van der Waals surface area contributed by atoms with Crippen molar-refractivity contribution in [2.75, 3.05) is 26.3 Å². The van der Waals surface area contributed by atoms with Crippen LogP contribution in [0.4, 0.5) is 4.39 Å². The molecule has 0 unspecified atom stereocenters. The monoisotopic (exact) mass is 331 g/mol. The Balaban J connectivity index is 1.69. The highest BCUT2D eigenvalue weighted by Crippen LogP contribution is 2.24. The Morgan fingerprint density at radius 3 is 2.70 bits per heavy atom. The van der Waals surface area contributed by atoms with Crippen molar-refractivity contribution in [3.8, 4) is 11.3 Å². The fourth-order valence-corrected chi connectivity index (χ4v) is 3.47. The standard InChI is InChI=1S/C16H14FN3O2S/c17-12-3-1-11(2-4-12)13-9-20-14(10-23-16(20)18-13)15(21)19-5-7-22-8-6-19/h1-4,9-10H,5-8H2. The van der Waals surface area contributed by atoms with E-state index in [-0.39, 0.29) is 11.7 Å². The number of benzene rings is 1. The molecule has 1 amide bonds. The highest BCUT2D eigenvalue weighted by Gasteiger charge is 2.22. The number of carbonyl (C=O) groups excluding carboxylic acids is 1. The molecule has 4 rings (SSSR count). The van der Waals surface area contributed by atoms with E-state index < -0.39 is 0 Å². The molecule has 1 aliphatic heterocycles. The number of ether oxygens (including phenoxy) is 1. The zero-order chi connectivity index (χ0) is 15.8. The van der Waals surface area contributed by atoms with E-state index in [1.807, 2.05) is 11.6 Å². The van der Waals surface area contributed by atoms with Crippen LogP contribution in [0, 0.1) is 5.82 Å². The summed E-state index contributed by atoms with van der Waals surface area (Å²) in [6.07, 6.45) is 1.83. The first-order valence-electron chi connectivity index (χ1n) is 7.32. The second kappa shape index (κ2) is 5.75. The molecule has 1 saturated heterocycles. The molecule has 0 aliphatic carbocycles. The minimum absolute atomic E-state index is 0.0115. The van der Waals surface area contributed by atoms with Crippen LogP contribution >= 0.6 is 11.3 Å². The number of hydrogen-bond donors (Lipinski definition) is 0. The van der Waals surface area contributed by atoms with Gasteiger partial charge >= 0.3 is 0 Å². The first kappa shape index (κ1) is 14.3. The van der Waals surface area contributed by atoms with Gasteiger partial charge in [-0.1, -0.05) is 0 Å². The van der Waals surface area contributed by atoms with Crippen LogP contribution in [0.3, 0.4) is 0 Å². The fraction of sp³-hybridized carbons (Fsp3) is 0.250. The van der Waals surface area contributed by atoms with Crippen molar-refractivity contribution in [3.05, 3.63) is 47.4 Å². The third-order valence-corrected chi connectivity index (χ3v) is 4.71. The van der Waals surface area contributed by atoms with Gasteiger partial charge in [0.05, 0.1) is 18.9 Å². The molecule has 0 atom stereocenters. The highest BCUT2D eigenvalue weighted by atomic mass is 32.1. The van der Waals surface area contributed by atoms with Gasteiger partial charge in [-0.15, -0.1) is 11.3 Å². The maximum Gasteiger partial charge on any atom is 0.271 e. The molecule has 0 radical (unpaired) electrons. The van der Waals surface area contributed by atoms with Crippen molar-refractivity contribution in [1.82, 2.24) is 14.3 Å². The number of imidazole rings is 1. The molecule has 1 aromatic carbocycles. The molecule has 2 aromatic heterocycles. The summed E-state index contributed by atoms with van der Waals surface area (Å²) >= 11 is 1.42. The van der Waals surface area contributed by atoms with Crippen molar-refractivity contribution in [1.29, 1.82) is 0 Å². The summed E-state index contributed by atoms with van der Waals surface area (Å²) in [5.74, 6) is -0.291. The van der Waals surface area contributed by atoms with E-state index in [4.69, 9.17) is 4.74 Å². The Labute approximate surface area is 135 Å². The zero-order valence-corrected chi connectivity index (χ0v) is 13.1. The molecule has 0 bridgehead atoms. The lowest BCUT2D eigenvalue weighted by molar-refractivity contribution is 0.0298. The molecule has 7 heteroatoms. The lowest BCUT2D eigenvalue weighted by atomic mass is 10.2. The van der Waals surface area contributed by atoms with Gasteiger partial charge in [0.1, 0.15) is 11.5 Å². The van der Waals surface area contributed by atoms with E-state index in [0.29, 0.717) is 32.0 Å². The summed E-state index contributed by atoms with van der Waals surface area (Å²) in [6.45, 7) is 2.36. The van der Waals surface area contributed by atoms with Crippen LogP contribution in [0.1, 0.15) is 10.5 Å². The Bertz CT molecular complexity index is 850. The minimum Gasteiger partial charge on any atom is -0.378 e. The van der Waals surface area contributed by atoms with Gasteiger partial charge < -0.3 is 9.64 Å². The van der Waals surface area contributed by atoms with Crippen LogP contribution in [0.25, 0.3) is 16.2 Å². The summed E-state index contributed by atoms with van der Waals surface area (Å²) < 4.78 is 20.1. The molecule has 1 fully saturated rings. The van der Waals surface area contributed by atoms with Crippen LogP contribution in [-0.4, -0.2) is 46.5 Å². The maximum absolute atomic E-state index is 13.0. The summed E-state index contributed by atoms with van der Waals surface area (Å²) in [5.41, 5.74) is 2.16. The van der Waals surface area contributed by atoms with Crippen molar-refractivity contribution in [2.45, 2.75) is 0 Å². The van der Waals surface area contributed by atoms with Gasteiger partial charge in [0.25, 0.3) is 5.91 Å². The molecule has 0 N–H and O–H groups in total. The second-order valence-corrected chi connectivity index (χ2v) is 6.15. The first-order valence-corrected chi connectivity index (χ1v) is 8.20. The third-order valence-electron chi connectivity index (χ3n) is 3.87. The average Bonchev–Trinajstić information content (AvgIpc) is 3.16. The third kappa shape index (κ3) is 2.62. The number of rotatable bonds is 2. The SMILES string of the molecule is O=C(c1csc2nc(-c3ccc(F)cc3)cn12)N1CCOCC1. The largest absolute Gasteiger partial charge is 0.378 e. The average molecular weight is 331 g/mol. The first-order chi connectivity index (χ1) is 11.2. The Hall–Kier alpha value is -2.25. The molecule has 0 spiro atoms. The zero-order valence-electron chi connectivity index (χ0n) is 12.2. The van der Waals surface area contributed by atoms with Crippen LogP contribution in [-0.2, 0) is 4.74 Å². The van der Waals surface area contributed by atoms with Crippen LogP contribution in [0.5, 0.6) is 0 Å².